The minimum Gasteiger partial charge on any atom is -0.456 e. The Labute approximate surface area is 179 Å². The Morgan fingerprint density at radius 1 is 1.10 bits per heavy atom. The molecule has 2 aromatic carbocycles. The lowest BCUT2D eigenvalue weighted by atomic mass is 10.1. The molecule has 29 heavy (non-hydrogen) atoms. The molecule has 0 aliphatic carbocycles. The Balaban J connectivity index is 1.67. The molecule has 0 saturated heterocycles. The van der Waals surface area contributed by atoms with Crippen LogP contribution in [0.1, 0.15) is 41.7 Å². The van der Waals surface area contributed by atoms with E-state index in [2.05, 4.69) is 26.2 Å². The van der Waals surface area contributed by atoms with Gasteiger partial charge in [0.25, 0.3) is 5.91 Å². The number of rotatable bonds is 7. The number of para-hydroxylation sites is 1. The predicted octanol–water partition coefficient (Wildman–Crippen LogP) is 6.29. The van der Waals surface area contributed by atoms with Gasteiger partial charge >= 0.3 is 0 Å². The van der Waals surface area contributed by atoms with Gasteiger partial charge in [0, 0.05) is 12.3 Å². The molecular weight excluding hydrogens is 432 g/mol. The molecule has 3 aromatic rings. The van der Waals surface area contributed by atoms with Crippen molar-refractivity contribution in [2.24, 2.45) is 0 Å². The number of pyridine rings is 1. The highest BCUT2D eigenvalue weighted by atomic mass is 79.9. The minimum absolute atomic E-state index is 0.104. The number of aryl methyl sites for hydroxylation is 1. The van der Waals surface area contributed by atoms with E-state index in [9.17, 15) is 4.79 Å². The molecule has 1 amide bonds. The van der Waals surface area contributed by atoms with Crippen LogP contribution in [0.2, 0.25) is 0 Å². The van der Waals surface area contributed by atoms with Crippen molar-refractivity contribution in [1.82, 2.24) is 4.98 Å². The second kappa shape index (κ2) is 9.67. The first kappa shape index (κ1) is 21.0. The fourth-order valence-electron chi connectivity index (χ4n) is 2.84. The van der Waals surface area contributed by atoms with Crippen molar-refractivity contribution in [2.75, 3.05) is 11.9 Å². The molecule has 0 aliphatic rings. The first-order valence-electron chi connectivity index (χ1n) is 9.41. The van der Waals surface area contributed by atoms with E-state index in [1.54, 1.807) is 18.2 Å². The lowest BCUT2D eigenvalue weighted by molar-refractivity contribution is 0.0732. The standard InChI is InChI=1S/C23H23BrN2O3/c1-4-28-16(3)21-14-13-19(15(2)25-21)23(27)26-17-9-11-18(12-10-17)29-22-8-6-5-7-20(22)24/h5-14,16H,4H2,1-3H3,(H,26,27). The van der Waals surface area contributed by atoms with Crippen LogP contribution in [0.4, 0.5) is 5.69 Å². The number of amides is 1. The van der Waals surface area contributed by atoms with E-state index in [1.165, 1.54) is 0 Å². The Morgan fingerprint density at radius 3 is 2.48 bits per heavy atom. The predicted molar refractivity (Wildman–Crippen MR) is 118 cm³/mol. The van der Waals surface area contributed by atoms with Gasteiger partial charge in [0.1, 0.15) is 11.5 Å². The summed E-state index contributed by atoms with van der Waals surface area (Å²) in [7, 11) is 0. The van der Waals surface area contributed by atoms with E-state index in [1.807, 2.05) is 63.2 Å². The van der Waals surface area contributed by atoms with Crippen molar-refractivity contribution in [2.45, 2.75) is 26.9 Å². The molecule has 6 heteroatoms. The summed E-state index contributed by atoms with van der Waals surface area (Å²) in [4.78, 5) is 17.2. The highest BCUT2D eigenvalue weighted by molar-refractivity contribution is 9.10. The van der Waals surface area contributed by atoms with Gasteiger partial charge < -0.3 is 14.8 Å². The Hall–Kier alpha value is -2.70. The van der Waals surface area contributed by atoms with Crippen LogP contribution in [0.5, 0.6) is 11.5 Å². The lowest BCUT2D eigenvalue weighted by Gasteiger charge is -2.14. The molecule has 1 unspecified atom stereocenters. The van der Waals surface area contributed by atoms with Gasteiger partial charge in [-0.1, -0.05) is 12.1 Å². The van der Waals surface area contributed by atoms with Crippen molar-refractivity contribution < 1.29 is 14.3 Å². The maximum Gasteiger partial charge on any atom is 0.257 e. The molecule has 5 nitrogen and oxygen atoms in total. The number of benzene rings is 2. The van der Waals surface area contributed by atoms with Crippen molar-refractivity contribution >= 4 is 27.5 Å². The smallest absolute Gasteiger partial charge is 0.257 e. The molecule has 0 spiro atoms. The molecule has 1 N–H and O–H groups in total. The van der Waals surface area contributed by atoms with Gasteiger partial charge in [0.05, 0.1) is 27.5 Å². The molecule has 3 rings (SSSR count). The van der Waals surface area contributed by atoms with Crippen LogP contribution in [0.25, 0.3) is 0 Å². The second-order valence-electron chi connectivity index (χ2n) is 6.48. The van der Waals surface area contributed by atoms with E-state index in [0.29, 0.717) is 29.3 Å². The van der Waals surface area contributed by atoms with Gasteiger partial charge in [-0.25, -0.2) is 0 Å². The summed E-state index contributed by atoms with van der Waals surface area (Å²) in [5, 5.41) is 2.90. The van der Waals surface area contributed by atoms with Crippen molar-refractivity contribution in [3.63, 3.8) is 0 Å². The van der Waals surface area contributed by atoms with Gasteiger partial charge in [-0.2, -0.15) is 0 Å². The molecule has 1 aromatic heterocycles. The number of carbonyl (C=O) groups excluding carboxylic acids is 1. The average molecular weight is 455 g/mol. The molecule has 0 radical (unpaired) electrons. The molecule has 1 heterocycles. The Kier molecular flexibility index (Phi) is 7.01. The first-order chi connectivity index (χ1) is 14.0. The van der Waals surface area contributed by atoms with Crippen molar-refractivity contribution in [3.05, 3.63) is 82.1 Å². The normalized spacial score (nSPS) is 11.7. The number of aromatic nitrogens is 1. The van der Waals surface area contributed by atoms with E-state index in [0.717, 1.165) is 15.9 Å². The SMILES string of the molecule is CCOC(C)c1ccc(C(=O)Nc2ccc(Oc3ccccc3Br)cc2)c(C)n1. The fourth-order valence-corrected chi connectivity index (χ4v) is 3.21. The van der Waals surface area contributed by atoms with Gasteiger partial charge in [-0.3, -0.25) is 9.78 Å². The first-order valence-corrected chi connectivity index (χ1v) is 10.2. The molecule has 0 fully saturated rings. The highest BCUT2D eigenvalue weighted by Gasteiger charge is 2.14. The minimum atomic E-state index is -0.204. The van der Waals surface area contributed by atoms with Crippen LogP contribution in [-0.2, 0) is 4.74 Å². The van der Waals surface area contributed by atoms with E-state index in [4.69, 9.17) is 9.47 Å². The van der Waals surface area contributed by atoms with Crippen LogP contribution < -0.4 is 10.1 Å². The number of anilines is 1. The third-order valence-electron chi connectivity index (χ3n) is 4.36. The van der Waals surface area contributed by atoms with Crippen molar-refractivity contribution in [3.8, 4) is 11.5 Å². The number of hydrogen-bond acceptors (Lipinski definition) is 4. The number of ether oxygens (including phenoxy) is 2. The van der Waals surface area contributed by atoms with Crippen LogP contribution in [0, 0.1) is 6.92 Å². The zero-order chi connectivity index (χ0) is 20.8. The zero-order valence-corrected chi connectivity index (χ0v) is 18.2. The van der Waals surface area contributed by atoms with E-state index in [-0.39, 0.29) is 12.0 Å². The quantitative estimate of drug-likeness (QED) is 0.455. The third-order valence-corrected chi connectivity index (χ3v) is 5.02. The number of hydrogen-bond donors (Lipinski definition) is 1. The zero-order valence-electron chi connectivity index (χ0n) is 16.6. The molecule has 0 aliphatic heterocycles. The molecule has 150 valence electrons. The second-order valence-corrected chi connectivity index (χ2v) is 7.33. The van der Waals surface area contributed by atoms with Gasteiger partial charge in [0.15, 0.2) is 0 Å². The van der Waals surface area contributed by atoms with Crippen LogP contribution in [0.15, 0.2) is 65.1 Å². The summed E-state index contributed by atoms with van der Waals surface area (Å²) in [5.41, 5.74) is 2.70. The van der Waals surface area contributed by atoms with Crippen LogP contribution in [-0.4, -0.2) is 17.5 Å². The maximum atomic E-state index is 12.6. The highest BCUT2D eigenvalue weighted by Crippen LogP contribution is 2.29. The fraction of sp³-hybridized carbons (Fsp3) is 0.217. The molecule has 1 atom stereocenters. The lowest BCUT2D eigenvalue weighted by Crippen LogP contribution is -2.15. The van der Waals surface area contributed by atoms with E-state index >= 15 is 0 Å². The molecule has 0 bridgehead atoms. The van der Waals surface area contributed by atoms with Crippen LogP contribution >= 0.6 is 15.9 Å². The monoisotopic (exact) mass is 454 g/mol. The summed E-state index contributed by atoms with van der Waals surface area (Å²) in [5.74, 6) is 1.21. The topological polar surface area (TPSA) is 60.5 Å². The summed E-state index contributed by atoms with van der Waals surface area (Å²) >= 11 is 3.46. The largest absolute Gasteiger partial charge is 0.456 e. The summed E-state index contributed by atoms with van der Waals surface area (Å²) in [6.45, 7) is 6.33. The van der Waals surface area contributed by atoms with Crippen molar-refractivity contribution in [1.29, 1.82) is 0 Å². The number of nitrogens with one attached hydrogen (secondary N) is 1. The Bertz CT molecular complexity index is 990. The Morgan fingerprint density at radius 2 is 1.83 bits per heavy atom. The maximum absolute atomic E-state index is 12.6. The summed E-state index contributed by atoms with van der Waals surface area (Å²) in [6, 6.07) is 18.5. The number of halogens is 1. The van der Waals surface area contributed by atoms with E-state index < -0.39 is 0 Å². The average Bonchev–Trinajstić information content (AvgIpc) is 2.71. The van der Waals surface area contributed by atoms with Gasteiger partial charge in [0.2, 0.25) is 0 Å². The third kappa shape index (κ3) is 5.43. The number of nitrogens with zero attached hydrogens (tertiary/aromatic N) is 1. The number of carbonyl (C=O) groups is 1. The summed E-state index contributed by atoms with van der Waals surface area (Å²) in [6.07, 6.45) is -0.104. The summed E-state index contributed by atoms with van der Waals surface area (Å²) < 4.78 is 12.3. The molecular formula is C23H23BrN2O3. The van der Waals surface area contributed by atoms with Crippen LogP contribution in [0.3, 0.4) is 0 Å². The van der Waals surface area contributed by atoms with Gasteiger partial charge in [-0.05, 0) is 85.2 Å². The van der Waals surface area contributed by atoms with Gasteiger partial charge in [-0.15, -0.1) is 0 Å². The molecule has 0 saturated carbocycles.